The Bertz CT molecular complexity index is 1390. The third kappa shape index (κ3) is 7.58. The summed E-state index contributed by atoms with van der Waals surface area (Å²) >= 11 is 0. The van der Waals surface area contributed by atoms with Crippen LogP contribution in [0.15, 0.2) is 66.0 Å². The van der Waals surface area contributed by atoms with Crippen LogP contribution in [0.3, 0.4) is 0 Å². The highest BCUT2D eigenvalue weighted by molar-refractivity contribution is 7.89. The fourth-order valence-corrected chi connectivity index (χ4v) is 5.12. The zero-order valence-corrected chi connectivity index (χ0v) is 23.2. The number of alkyl halides is 3. The van der Waals surface area contributed by atoms with Gasteiger partial charge in [-0.2, -0.15) is 18.3 Å². The summed E-state index contributed by atoms with van der Waals surface area (Å²) in [4.78, 5) is 17.3. The molecule has 14 heteroatoms. The summed E-state index contributed by atoms with van der Waals surface area (Å²) in [6.45, 7) is 6.53. The van der Waals surface area contributed by atoms with Crippen LogP contribution in [0.5, 0.6) is 0 Å². The zero-order chi connectivity index (χ0) is 29.9. The first-order valence-electron chi connectivity index (χ1n) is 12.3. The predicted octanol–water partition coefficient (Wildman–Crippen LogP) is 4.09. The molecule has 3 atom stereocenters. The topological polar surface area (TPSA) is 138 Å². The van der Waals surface area contributed by atoms with Crippen molar-refractivity contribution >= 4 is 16.1 Å². The van der Waals surface area contributed by atoms with Gasteiger partial charge >= 0.3 is 12.3 Å². The first-order valence-corrected chi connectivity index (χ1v) is 13.8. The molecule has 0 aliphatic rings. The average Bonchev–Trinajstić information content (AvgIpc) is 3.35. The normalized spacial score (nSPS) is 14.9. The van der Waals surface area contributed by atoms with Crippen molar-refractivity contribution in [2.45, 2.75) is 63.6 Å². The first kappa shape index (κ1) is 31.0. The molecule has 0 fully saturated rings. The van der Waals surface area contributed by atoms with E-state index in [1.807, 2.05) is 20.8 Å². The van der Waals surface area contributed by atoms with E-state index in [0.29, 0.717) is 11.3 Å². The number of halogens is 3. The molecule has 1 aromatic carbocycles. The second-order valence-electron chi connectivity index (χ2n) is 10.4. The van der Waals surface area contributed by atoms with Gasteiger partial charge in [0.05, 0.1) is 36.0 Å². The van der Waals surface area contributed by atoms with Crippen LogP contribution in [-0.4, -0.2) is 69.1 Å². The molecule has 2 heterocycles. The zero-order valence-electron chi connectivity index (χ0n) is 22.4. The number of benzene rings is 1. The van der Waals surface area contributed by atoms with Crippen molar-refractivity contribution < 1.29 is 36.6 Å². The molecular formula is C26H32F3N5O5S. The maximum absolute atomic E-state index is 12.9. The highest BCUT2D eigenvalue weighted by atomic mass is 32.2. The molecule has 0 aliphatic heterocycles. The Morgan fingerprint density at radius 3 is 2.27 bits per heavy atom. The van der Waals surface area contributed by atoms with Gasteiger partial charge in [0.15, 0.2) is 5.03 Å². The van der Waals surface area contributed by atoms with E-state index < -0.39 is 58.0 Å². The van der Waals surface area contributed by atoms with Crippen LogP contribution in [0.25, 0.3) is 11.3 Å². The van der Waals surface area contributed by atoms with E-state index in [9.17, 15) is 36.6 Å². The Balaban J connectivity index is 1.79. The predicted molar refractivity (Wildman–Crippen MR) is 141 cm³/mol. The van der Waals surface area contributed by atoms with Crippen LogP contribution < -0.4 is 4.72 Å². The molecule has 2 aromatic heterocycles. The summed E-state index contributed by atoms with van der Waals surface area (Å²) in [7, 11) is -4.03. The number of rotatable bonds is 10. The van der Waals surface area contributed by atoms with Crippen LogP contribution in [0, 0.1) is 5.41 Å². The van der Waals surface area contributed by atoms with Crippen molar-refractivity contribution in [2.24, 2.45) is 5.41 Å². The number of hydrogen-bond acceptors (Lipinski definition) is 6. The van der Waals surface area contributed by atoms with Crippen molar-refractivity contribution in [1.82, 2.24) is 24.4 Å². The van der Waals surface area contributed by atoms with Crippen LogP contribution in [0.4, 0.5) is 18.0 Å². The van der Waals surface area contributed by atoms with Crippen LogP contribution in [0.2, 0.25) is 0 Å². The van der Waals surface area contributed by atoms with E-state index in [-0.39, 0.29) is 11.6 Å². The standard InChI is InChI=1S/C26H32F3N5O5S/c1-17(21(35)15-31-40(38,39)23-7-5-6-13-30-23)34(24(36)37)22(25(2,3)4)16-33-14-12-20(32-33)18-8-10-19(11-9-18)26(27,28)29/h5-14,17,21-22,31,35H,15-16H2,1-4H3,(H,36,37)/t17-,21+,22+/m0/s1. The van der Waals surface area contributed by atoms with Crippen molar-refractivity contribution in [1.29, 1.82) is 0 Å². The van der Waals surface area contributed by atoms with Gasteiger partial charge in [0.25, 0.3) is 10.0 Å². The third-order valence-electron chi connectivity index (χ3n) is 6.46. The monoisotopic (exact) mass is 583 g/mol. The van der Waals surface area contributed by atoms with E-state index in [0.717, 1.165) is 17.0 Å². The average molecular weight is 584 g/mol. The van der Waals surface area contributed by atoms with Crippen molar-refractivity contribution in [3.8, 4) is 11.3 Å². The molecule has 0 radical (unpaired) electrons. The van der Waals surface area contributed by atoms with Gasteiger partial charge < -0.3 is 10.2 Å². The van der Waals surface area contributed by atoms with Crippen LogP contribution in [-0.2, 0) is 22.7 Å². The summed E-state index contributed by atoms with van der Waals surface area (Å²) in [5, 5.41) is 25.1. The van der Waals surface area contributed by atoms with Gasteiger partial charge in [-0.05, 0) is 42.7 Å². The Morgan fingerprint density at radius 2 is 1.75 bits per heavy atom. The summed E-state index contributed by atoms with van der Waals surface area (Å²) in [5.74, 6) is 0. The van der Waals surface area contributed by atoms with Crippen molar-refractivity contribution in [2.75, 3.05) is 6.54 Å². The highest BCUT2D eigenvalue weighted by Gasteiger charge is 2.39. The van der Waals surface area contributed by atoms with Crippen molar-refractivity contribution in [3.63, 3.8) is 0 Å². The lowest BCUT2D eigenvalue weighted by Crippen LogP contribution is -2.57. The molecule has 0 bridgehead atoms. The SMILES string of the molecule is C[C@@H]([C@H](O)CNS(=O)(=O)c1ccccn1)N(C(=O)O)[C@H](Cn1ccc(-c2ccc(C(F)(F)F)cc2)n1)C(C)(C)C. The maximum Gasteiger partial charge on any atom is 0.416 e. The molecule has 0 saturated heterocycles. The summed E-state index contributed by atoms with van der Waals surface area (Å²) in [6.07, 6.45) is -4.29. The molecule has 40 heavy (non-hydrogen) atoms. The molecule has 3 rings (SSSR count). The van der Waals surface area contributed by atoms with E-state index in [1.165, 1.54) is 42.1 Å². The Hall–Kier alpha value is -3.49. The molecule has 218 valence electrons. The minimum Gasteiger partial charge on any atom is -0.465 e. The molecule has 3 N–H and O–H groups in total. The molecule has 3 aromatic rings. The number of carbonyl (C=O) groups is 1. The van der Waals surface area contributed by atoms with Gasteiger partial charge in [0.2, 0.25) is 0 Å². The van der Waals surface area contributed by atoms with E-state index in [1.54, 1.807) is 18.3 Å². The number of hydrogen-bond donors (Lipinski definition) is 3. The summed E-state index contributed by atoms with van der Waals surface area (Å²) < 4.78 is 67.5. The second-order valence-corrected chi connectivity index (χ2v) is 12.1. The number of aliphatic hydroxyl groups excluding tert-OH is 1. The first-order chi connectivity index (χ1) is 18.5. The Morgan fingerprint density at radius 1 is 1.10 bits per heavy atom. The Labute approximate surface area is 230 Å². The largest absolute Gasteiger partial charge is 0.465 e. The fourth-order valence-electron chi connectivity index (χ4n) is 4.13. The molecule has 10 nitrogen and oxygen atoms in total. The smallest absolute Gasteiger partial charge is 0.416 e. The van der Waals surface area contributed by atoms with Crippen LogP contribution >= 0.6 is 0 Å². The number of amides is 1. The lowest BCUT2D eigenvalue weighted by atomic mass is 9.84. The number of sulfonamides is 1. The minimum atomic E-state index is -4.46. The highest BCUT2D eigenvalue weighted by Crippen LogP contribution is 2.31. The Kier molecular flexibility index (Phi) is 9.27. The lowest BCUT2D eigenvalue weighted by molar-refractivity contribution is -0.137. The van der Waals surface area contributed by atoms with Gasteiger partial charge in [0, 0.05) is 24.5 Å². The molecule has 0 aliphatic carbocycles. The van der Waals surface area contributed by atoms with Gasteiger partial charge in [-0.1, -0.05) is 39.0 Å². The number of pyridine rings is 1. The minimum absolute atomic E-state index is 0.0627. The second kappa shape index (κ2) is 11.9. The van der Waals surface area contributed by atoms with E-state index >= 15 is 0 Å². The molecule has 0 saturated carbocycles. The molecule has 0 spiro atoms. The molecule has 1 amide bonds. The van der Waals surface area contributed by atoms with Gasteiger partial charge in [-0.15, -0.1) is 0 Å². The number of aliphatic hydroxyl groups is 1. The van der Waals surface area contributed by atoms with Gasteiger partial charge in [0.1, 0.15) is 0 Å². The lowest BCUT2D eigenvalue weighted by Gasteiger charge is -2.43. The summed E-state index contributed by atoms with van der Waals surface area (Å²) in [6, 6.07) is 8.74. The van der Waals surface area contributed by atoms with Gasteiger partial charge in [-0.3, -0.25) is 9.58 Å². The number of carboxylic acid groups (broad SMARTS) is 1. The van der Waals surface area contributed by atoms with Crippen molar-refractivity contribution in [3.05, 3.63) is 66.5 Å². The van der Waals surface area contributed by atoms with Crippen LogP contribution in [0.1, 0.15) is 33.3 Å². The maximum atomic E-state index is 12.9. The van der Waals surface area contributed by atoms with E-state index in [4.69, 9.17) is 0 Å². The number of nitrogens with zero attached hydrogens (tertiary/aromatic N) is 4. The molecular weight excluding hydrogens is 551 g/mol. The van der Waals surface area contributed by atoms with Gasteiger partial charge in [-0.25, -0.2) is 22.9 Å². The molecule has 0 unspecified atom stereocenters. The number of nitrogens with one attached hydrogen (secondary N) is 1. The number of aromatic nitrogens is 3. The quantitative estimate of drug-likeness (QED) is 0.327. The third-order valence-corrected chi connectivity index (χ3v) is 7.80. The van der Waals surface area contributed by atoms with E-state index in [2.05, 4.69) is 14.8 Å². The summed E-state index contributed by atoms with van der Waals surface area (Å²) in [5.41, 5.74) is -0.575. The fraction of sp³-hybridized carbons (Fsp3) is 0.423.